The predicted octanol–water partition coefficient (Wildman–Crippen LogP) is 5.43. The van der Waals surface area contributed by atoms with Crippen molar-refractivity contribution < 1.29 is 19.1 Å². The smallest absolute Gasteiger partial charge is 0.255 e. The van der Waals surface area contributed by atoms with Crippen LogP contribution in [-0.2, 0) is 4.79 Å². The van der Waals surface area contributed by atoms with Crippen LogP contribution in [0.1, 0.15) is 41.4 Å². The Morgan fingerprint density at radius 3 is 2.45 bits per heavy atom. The number of nitrogens with zero attached hydrogens (tertiary/aromatic N) is 1. The number of anilines is 1. The standard InChI is InChI=1S/C26H25BrN2O4/c1-3-32-22-13-10-18(14-23(22)33-4-2)26(31)29-16-24(30)28-21-12-11-19(27)15-20(21)25(29)17-8-6-5-7-9-17/h5-15,25H,3-4,16H2,1-2H3,(H,28,30)/t25-/m0/s1. The number of benzene rings is 3. The van der Waals surface area contributed by atoms with Gasteiger partial charge in [-0.2, -0.15) is 0 Å². The van der Waals surface area contributed by atoms with Crippen molar-refractivity contribution in [2.45, 2.75) is 19.9 Å². The second-order valence-electron chi connectivity index (χ2n) is 7.55. The second kappa shape index (κ2) is 10.1. The fourth-order valence-electron chi connectivity index (χ4n) is 4.01. The summed E-state index contributed by atoms with van der Waals surface area (Å²) in [6.45, 7) is 4.62. The molecule has 33 heavy (non-hydrogen) atoms. The zero-order chi connectivity index (χ0) is 23.4. The van der Waals surface area contributed by atoms with Gasteiger partial charge in [-0.3, -0.25) is 9.59 Å². The number of halogens is 1. The van der Waals surface area contributed by atoms with E-state index < -0.39 is 6.04 Å². The van der Waals surface area contributed by atoms with E-state index in [2.05, 4.69) is 21.2 Å². The summed E-state index contributed by atoms with van der Waals surface area (Å²) in [5, 5.41) is 2.94. The number of hydrogen-bond acceptors (Lipinski definition) is 4. The van der Waals surface area contributed by atoms with Gasteiger partial charge in [-0.15, -0.1) is 0 Å². The number of fused-ring (bicyclic) bond motifs is 1. The van der Waals surface area contributed by atoms with Crippen molar-refractivity contribution in [1.82, 2.24) is 4.90 Å². The molecule has 1 heterocycles. The lowest BCUT2D eigenvalue weighted by atomic mass is 9.95. The quantitative estimate of drug-likeness (QED) is 0.481. The van der Waals surface area contributed by atoms with Gasteiger partial charge in [0.25, 0.3) is 5.91 Å². The van der Waals surface area contributed by atoms with Crippen molar-refractivity contribution in [3.05, 3.63) is 87.9 Å². The van der Waals surface area contributed by atoms with Crippen molar-refractivity contribution in [2.75, 3.05) is 25.1 Å². The Kier molecular flexibility index (Phi) is 6.99. The van der Waals surface area contributed by atoms with Gasteiger partial charge in [-0.1, -0.05) is 46.3 Å². The van der Waals surface area contributed by atoms with E-state index in [0.717, 1.165) is 15.6 Å². The Morgan fingerprint density at radius 1 is 1.00 bits per heavy atom. The van der Waals surface area contributed by atoms with Gasteiger partial charge in [-0.25, -0.2) is 0 Å². The summed E-state index contributed by atoms with van der Waals surface area (Å²) >= 11 is 3.54. The summed E-state index contributed by atoms with van der Waals surface area (Å²) in [6, 6.07) is 20.1. The van der Waals surface area contributed by atoms with Gasteiger partial charge in [0.1, 0.15) is 6.54 Å². The second-order valence-corrected chi connectivity index (χ2v) is 8.47. The average Bonchev–Trinajstić information content (AvgIpc) is 2.96. The minimum atomic E-state index is -0.452. The van der Waals surface area contributed by atoms with Crippen LogP contribution in [0.3, 0.4) is 0 Å². The van der Waals surface area contributed by atoms with Gasteiger partial charge < -0.3 is 19.7 Å². The minimum absolute atomic E-state index is 0.0815. The zero-order valence-corrected chi connectivity index (χ0v) is 20.1. The Balaban J connectivity index is 1.82. The molecule has 0 saturated carbocycles. The Morgan fingerprint density at radius 2 is 1.73 bits per heavy atom. The summed E-state index contributed by atoms with van der Waals surface area (Å²) in [5.74, 6) is 0.569. The third-order valence-corrected chi connectivity index (χ3v) is 5.87. The first-order chi connectivity index (χ1) is 16.0. The molecule has 1 atom stereocenters. The molecule has 170 valence electrons. The molecule has 6 nitrogen and oxygen atoms in total. The van der Waals surface area contributed by atoms with Crippen LogP contribution in [0.2, 0.25) is 0 Å². The third-order valence-electron chi connectivity index (χ3n) is 5.37. The molecule has 7 heteroatoms. The van der Waals surface area contributed by atoms with E-state index in [4.69, 9.17) is 9.47 Å². The normalized spacial score (nSPS) is 15.3. The molecule has 0 fully saturated rings. The monoisotopic (exact) mass is 508 g/mol. The summed E-state index contributed by atoms with van der Waals surface area (Å²) in [7, 11) is 0. The van der Waals surface area contributed by atoms with Crippen LogP contribution in [0.5, 0.6) is 11.5 Å². The van der Waals surface area contributed by atoms with Crippen molar-refractivity contribution >= 4 is 33.4 Å². The Labute approximate surface area is 201 Å². The van der Waals surface area contributed by atoms with Gasteiger partial charge >= 0.3 is 0 Å². The van der Waals surface area contributed by atoms with Crippen LogP contribution < -0.4 is 14.8 Å². The SMILES string of the molecule is CCOc1ccc(C(=O)N2CC(=O)Nc3ccc(Br)cc3[C@@H]2c2ccccc2)cc1OCC. The first-order valence-corrected chi connectivity index (χ1v) is 11.7. The highest BCUT2D eigenvalue weighted by Crippen LogP contribution is 2.38. The van der Waals surface area contributed by atoms with E-state index >= 15 is 0 Å². The number of hydrogen-bond donors (Lipinski definition) is 1. The molecule has 0 bridgehead atoms. The molecular formula is C26H25BrN2O4. The molecule has 0 saturated heterocycles. The van der Waals surface area contributed by atoms with Crippen LogP contribution in [0, 0.1) is 0 Å². The van der Waals surface area contributed by atoms with E-state index in [1.54, 1.807) is 23.1 Å². The molecule has 0 aliphatic carbocycles. The lowest BCUT2D eigenvalue weighted by Gasteiger charge is -2.31. The maximum atomic E-state index is 13.8. The predicted molar refractivity (Wildman–Crippen MR) is 131 cm³/mol. The van der Waals surface area contributed by atoms with Crippen LogP contribution in [0.4, 0.5) is 5.69 Å². The van der Waals surface area contributed by atoms with Crippen LogP contribution >= 0.6 is 15.9 Å². The summed E-state index contributed by atoms with van der Waals surface area (Å²) in [4.78, 5) is 28.2. The Hall–Kier alpha value is -3.32. The molecular weight excluding hydrogens is 484 g/mol. The number of carbonyl (C=O) groups excluding carboxylic acids is 2. The number of rotatable bonds is 6. The maximum Gasteiger partial charge on any atom is 0.255 e. The summed E-state index contributed by atoms with van der Waals surface area (Å²) in [6.07, 6.45) is 0. The molecule has 0 radical (unpaired) electrons. The number of carbonyl (C=O) groups is 2. The third kappa shape index (κ3) is 4.88. The maximum absolute atomic E-state index is 13.8. The molecule has 3 aromatic rings. The highest BCUT2D eigenvalue weighted by molar-refractivity contribution is 9.10. The molecule has 0 spiro atoms. The van der Waals surface area contributed by atoms with Gasteiger partial charge in [-0.05, 0) is 55.8 Å². The number of ether oxygens (including phenoxy) is 2. The highest BCUT2D eigenvalue weighted by Gasteiger charge is 2.34. The van der Waals surface area contributed by atoms with Crippen LogP contribution in [0.25, 0.3) is 0 Å². The van der Waals surface area contributed by atoms with Crippen molar-refractivity contribution in [2.24, 2.45) is 0 Å². The van der Waals surface area contributed by atoms with Crippen LogP contribution in [0.15, 0.2) is 71.2 Å². The molecule has 1 aliphatic rings. The molecule has 2 amide bonds. The molecule has 3 aromatic carbocycles. The van der Waals surface area contributed by atoms with Crippen LogP contribution in [-0.4, -0.2) is 36.5 Å². The Bertz CT molecular complexity index is 1170. The lowest BCUT2D eigenvalue weighted by molar-refractivity contribution is -0.117. The van der Waals surface area contributed by atoms with E-state index in [9.17, 15) is 9.59 Å². The molecule has 1 aliphatic heterocycles. The van der Waals surface area contributed by atoms with E-state index in [-0.39, 0.29) is 18.4 Å². The van der Waals surface area contributed by atoms with Crippen molar-refractivity contribution in [3.8, 4) is 11.5 Å². The van der Waals surface area contributed by atoms with Gasteiger partial charge in [0.05, 0.1) is 19.3 Å². The van der Waals surface area contributed by atoms with Crippen molar-refractivity contribution in [1.29, 1.82) is 0 Å². The summed E-state index contributed by atoms with van der Waals surface area (Å²) < 4.78 is 12.2. The molecule has 4 rings (SSSR count). The first-order valence-electron chi connectivity index (χ1n) is 10.9. The lowest BCUT2D eigenvalue weighted by Crippen LogP contribution is -2.39. The largest absolute Gasteiger partial charge is 0.490 e. The molecule has 1 N–H and O–H groups in total. The highest BCUT2D eigenvalue weighted by atomic mass is 79.9. The van der Waals surface area contributed by atoms with E-state index in [1.165, 1.54) is 0 Å². The average molecular weight is 509 g/mol. The summed E-state index contributed by atoms with van der Waals surface area (Å²) in [5.41, 5.74) is 2.87. The van der Waals surface area contributed by atoms with Gasteiger partial charge in [0, 0.05) is 21.3 Å². The van der Waals surface area contributed by atoms with Gasteiger partial charge in [0.2, 0.25) is 5.91 Å². The van der Waals surface area contributed by atoms with E-state index in [0.29, 0.717) is 36.0 Å². The fraction of sp³-hybridized carbons (Fsp3) is 0.231. The molecule has 0 unspecified atom stereocenters. The minimum Gasteiger partial charge on any atom is -0.490 e. The topological polar surface area (TPSA) is 67.9 Å². The number of nitrogens with one attached hydrogen (secondary N) is 1. The van der Waals surface area contributed by atoms with E-state index in [1.807, 2.05) is 62.4 Å². The van der Waals surface area contributed by atoms with Crippen molar-refractivity contribution in [3.63, 3.8) is 0 Å². The fourth-order valence-corrected chi connectivity index (χ4v) is 4.39. The number of amides is 2. The molecule has 0 aromatic heterocycles. The first kappa shape index (κ1) is 22.9. The zero-order valence-electron chi connectivity index (χ0n) is 18.5. The van der Waals surface area contributed by atoms with Gasteiger partial charge in [0.15, 0.2) is 11.5 Å².